The lowest BCUT2D eigenvalue weighted by Gasteiger charge is -2.09. The van der Waals surface area contributed by atoms with Crippen LogP contribution in [0.25, 0.3) is 10.9 Å². The van der Waals surface area contributed by atoms with E-state index in [1.54, 1.807) is 19.2 Å². The first-order chi connectivity index (χ1) is 16.0. The Labute approximate surface area is 194 Å². The molecule has 7 nitrogen and oxygen atoms in total. The minimum Gasteiger partial charge on any atom is -0.497 e. The van der Waals surface area contributed by atoms with E-state index in [4.69, 9.17) is 30.5 Å². The number of hydrogen-bond acceptors (Lipinski definition) is 5. The molecular weight excluding hydrogens is 446 g/mol. The third-order valence-electron chi connectivity index (χ3n) is 5.56. The van der Waals surface area contributed by atoms with Gasteiger partial charge in [-0.25, -0.2) is 4.79 Å². The van der Waals surface area contributed by atoms with Crippen molar-refractivity contribution < 1.29 is 28.8 Å². The number of H-pyrrole nitrogens is 1. The molecule has 0 atom stereocenters. The number of halogens is 1. The summed E-state index contributed by atoms with van der Waals surface area (Å²) in [4.78, 5) is 15.0. The summed E-state index contributed by atoms with van der Waals surface area (Å²) in [5, 5.41) is 11.0. The first-order valence-corrected chi connectivity index (χ1v) is 10.6. The summed E-state index contributed by atoms with van der Waals surface area (Å²) in [6.45, 7) is 0.506. The topological polar surface area (TPSA) is 90.0 Å². The molecule has 1 aromatic heterocycles. The number of carboxylic acid groups (broad SMARTS) is 1. The van der Waals surface area contributed by atoms with Crippen molar-refractivity contribution in [3.63, 3.8) is 0 Å². The Bertz CT molecular complexity index is 1350. The smallest absolute Gasteiger partial charge is 0.352 e. The molecule has 0 radical (unpaired) electrons. The van der Waals surface area contributed by atoms with Gasteiger partial charge in [0.25, 0.3) is 0 Å². The molecule has 0 fully saturated rings. The number of nitrogens with one attached hydrogen (secondary N) is 1. The summed E-state index contributed by atoms with van der Waals surface area (Å²) in [5.41, 5.74) is 3.17. The van der Waals surface area contributed by atoms with Gasteiger partial charge in [-0.2, -0.15) is 0 Å². The van der Waals surface area contributed by atoms with Crippen molar-refractivity contribution in [2.45, 2.75) is 13.0 Å². The van der Waals surface area contributed by atoms with Crippen LogP contribution in [0.15, 0.2) is 54.6 Å². The van der Waals surface area contributed by atoms with Crippen molar-refractivity contribution in [2.75, 3.05) is 13.9 Å². The average Bonchev–Trinajstić information content (AvgIpc) is 3.42. The van der Waals surface area contributed by atoms with Crippen LogP contribution < -0.4 is 18.9 Å². The van der Waals surface area contributed by atoms with E-state index in [-0.39, 0.29) is 12.5 Å². The number of benzene rings is 3. The summed E-state index contributed by atoms with van der Waals surface area (Å²) in [7, 11) is 1.62. The molecule has 33 heavy (non-hydrogen) atoms. The molecule has 0 unspecified atom stereocenters. The Kier molecular flexibility index (Phi) is 5.48. The summed E-state index contributed by atoms with van der Waals surface area (Å²) in [6.07, 6.45) is 0.305. The predicted molar refractivity (Wildman–Crippen MR) is 123 cm³/mol. The number of carboxylic acids is 1. The second kappa shape index (κ2) is 8.60. The number of aromatic carboxylic acids is 1. The summed E-state index contributed by atoms with van der Waals surface area (Å²) >= 11 is 6.45. The average molecular weight is 466 g/mol. The molecule has 5 rings (SSSR count). The fourth-order valence-corrected chi connectivity index (χ4v) is 4.08. The molecule has 0 aliphatic carbocycles. The minimum atomic E-state index is -1.04. The van der Waals surface area contributed by atoms with Gasteiger partial charge in [0, 0.05) is 28.4 Å². The molecule has 2 heterocycles. The fourth-order valence-electron chi connectivity index (χ4n) is 3.86. The number of rotatable bonds is 7. The third-order valence-corrected chi connectivity index (χ3v) is 5.92. The van der Waals surface area contributed by atoms with Gasteiger partial charge in [-0.3, -0.25) is 0 Å². The molecule has 4 aromatic rings. The Morgan fingerprint density at radius 1 is 1.06 bits per heavy atom. The first-order valence-electron chi connectivity index (χ1n) is 10.2. The van der Waals surface area contributed by atoms with Gasteiger partial charge in [0.2, 0.25) is 6.79 Å². The largest absolute Gasteiger partial charge is 0.497 e. The van der Waals surface area contributed by atoms with Crippen LogP contribution in [0, 0.1) is 0 Å². The Balaban J connectivity index is 1.46. The van der Waals surface area contributed by atoms with E-state index in [1.807, 2.05) is 42.5 Å². The van der Waals surface area contributed by atoms with Crippen molar-refractivity contribution in [2.24, 2.45) is 0 Å². The van der Waals surface area contributed by atoms with Gasteiger partial charge in [-0.05, 0) is 53.1 Å². The van der Waals surface area contributed by atoms with E-state index in [2.05, 4.69) is 4.98 Å². The zero-order chi connectivity index (χ0) is 22.9. The number of methoxy groups -OCH3 is 1. The zero-order valence-corrected chi connectivity index (χ0v) is 18.4. The van der Waals surface area contributed by atoms with Crippen LogP contribution in [0.2, 0.25) is 5.02 Å². The molecule has 0 bridgehead atoms. The lowest BCUT2D eigenvalue weighted by atomic mass is 10.0. The lowest BCUT2D eigenvalue weighted by Crippen LogP contribution is -2.02. The molecule has 0 spiro atoms. The molecule has 0 saturated carbocycles. The molecule has 1 aliphatic rings. The van der Waals surface area contributed by atoms with E-state index < -0.39 is 5.97 Å². The number of fused-ring (bicyclic) bond motifs is 2. The number of ether oxygens (including phenoxy) is 4. The highest BCUT2D eigenvalue weighted by Crippen LogP contribution is 2.39. The second-order valence-electron chi connectivity index (χ2n) is 7.60. The highest BCUT2D eigenvalue weighted by atomic mass is 35.5. The fraction of sp³-hybridized carbons (Fsp3) is 0.160. The molecular formula is C25H20ClNO6. The van der Waals surface area contributed by atoms with Crippen molar-refractivity contribution in [3.05, 3.63) is 82.0 Å². The molecule has 1 aliphatic heterocycles. The maximum atomic E-state index is 12.0. The maximum absolute atomic E-state index is 12.0. The Hall–Kier alpha value is -3.84. The highest BCUT2D eigenvalue weighted by Gasteiger charge is 2.22. The summed E-state index contributed by atoms with van der Waals surface area (Å²) < 4.78 is 22.0. The standard InChI is InChI=1S/C25H20ClNO6/c1-30-16-4-2-14(3-5-16)12-31-17-6-7-21-18(10-17)19(24(27-21)25(28)29)8-15-9-22-23(11-20(15)26)33-13-32-22/h2-7,9-11,27H,8,12-13H2,1H3,(H,28,29). The van der Waals surface area contributed by atoms with Gasteiger partial charge in [0.15, 0.2) is 11.5 Å². The van der Waals surface area contributed by atoms with E-state index in [0.29, 0.717) is 46.4 Å². The Morgan fingerprint density at radius 3 is 2.52 bits per heavy atom. The number of aromatic amines is 1. The van der Waals surface area contributed by atoms with E-state index in [0.717, 1.165) is 22.3 Å². The van der Waals surface area contributed by atoms with Gasteiger partial charge >= 0.3 is 5.97 Å². The van der Waals surface area contributed by atoms with Gasteiger partial charge < -0.3 is 29.0 Å². The highest BCUT2D eigenvalue weighted by molar-refractivity contribution is 6.31. The number of carbonyl (C=O) groups is 1. The van der Waals surface area contributed by atoms with E-state index in [1.165, 1.54) is 0 Å². The molecule has 2 N–H and O–H groups in total. The van der Waals surface area contributed by atoms with Crippen LogP contribution in [0.4, 0.5) is 0 Å². The predicted octanol–water partition coefficient (Wildman–Crippen LogP) is 5.43. The van der Waals surface area contributed by atoms with Crippen LogP contribution in [-0.4, -0.2) is 30.0 Å². The molecule has 0 amide bonds. The van der Waals surface area contributed by atoms with E-state index in [9.17, 15) is 9.90 Å². The van der Waals surface area contributed by atoms with Gasteiger partial charge in [0.1, 0.15) is 23.8 Å². The van der Waals surface area contributed by atoms with Gasteiger partial charge in [0.05, 0.1) is 7.11 Å². The van der Waals surface area contributed by atoms with Crippen LogP contribution in [0.1, 0.15) is 27.2 Å². The van der Waals surface area contributed by atoms with Crippen molar-refractivity contribution in [3.8, 4) is 23.0 Å². The maximum Gasteiger partial charge on any atom is 0.352 e. The van der Waals surface area contributed by atoms with Crippen LogP contribution >= 0.6 is 11.6 Å². The van der Waals surface area contributed by atoms with Crippen molar-refractivity contribution in [1.82, 2.24) is 4.98 Å². The monoisotopic (exact) mass is 465 g/mol. The lowest BCUT2D eigenvalue weighted by molar-refractivity contribution is 0.0690. The van der Waals surface area contributed by atoms with Crippen molar-refractivity contribution >= 4 is 28.5 Å². The molecule has 3 aromatic carbocycles. The first kappa shape index (κ1) is 21.0. The van der Waals surface area contributed by atoms with Gasteiger partial charge in [-0.1, -0.05) is 23.7 Å². The second-order valence-corrected chi connectivity index (χ2v) is 8.01. The van der Waals surface area contributed by atoms with Crippen LogP contribution in [-0.2, 0) is 13.0 Å². The van der Waals surface area contributed by atoms with E-state index >= 15 is 0 Å². The third kappa shape index (κ3) is 4.15. The van der Waals surface area contributed by atoms with Gasteiger partial charge in [-0.15, -0.1) is 0 Å². The number of hydrogen-bond donors (Lipinski definition) is 2. The normalized spacial score (nSPS) is 12.2. The quantitative estimate of drug-likeness (QED) is 0.378. The van der Waals surface area contributed by atoms with Crippen molar-refractivity contribution in [1.29, 1.82) is 0 Å². The molecule has 168 valence electrons. The Morgan fingerprint density at radius 2 is 1.79 bits per heavy atom. The van der Waals surface area contributed by atoms with Crippen LogP contribution in [0.5, 0.6) is 23.0 Å². The molecule has 8 heteroatoms. The molecule has 0 saturated heterocycles. The van der Waals surface area contributed by atoms with Crippen LogP contribution in [0.3, 0.4) is 0 Å². The number of aromatic nitrogens is 1. The zero-order valence-electron chi connectivity index (χ0n) is 17.7. The SMILES string of the molecule is COc1ccc(COc2ccc3[nH]c(C(=O)O)c(Cc4cc5c(cc4Cl)OCO5)c3c2)cc1. The summed E-state index contributed by atoms with van der Waals surface area (Å²) in [6, 6.07) is 16.6. The summed E-state index contributed by atoms with van der Waals surface area (Å²) in [5.74, 6) is 1.54. The minimum absolute atomic E-state index is 0.117.